The summed E-state index contributed by atoms with van der Waals surface area (Å²) < 4.78 is 7.17. The van der Waals surface area contributed by atoms with E-state index in [1.807, 2.05) is 12.1 Å². The fourth-order valence-electron chi connectivity index (χ4n) is 8.93. The molecule has 3 heteroatoms. The van der Waals surface area contributed by atoms with E-state index in [4.69, 9.17) is 10.5 Å². The number of ether oxygens (including phenoxy) is 1. The van der Waals surface area contributed by atoms with Crippen molar-refractivity contribution in [2.75, 3.05) is 0 Å². The lowest BCUT2D eigenvalue weighted by atomic mass is 9.51. The quantitative estimate of drug-likeness (QED) is 0.541. The standard InChI is InChI=1S/C29H39NO2/c1-27(2)24-10-13-29(32-27)22-15-19(17-28(18-22)11-3-4-12-28)14-21-8-9-23(31)16-20(21)6-5-7-25(29)26(24)30/h8-9,16,19,22,24-26,31H,3-4,6,10-15,17-18,30H2,1-2H3. The second-order valence-corrected chi connectivity index (χ2v) is 12.4. The molecule has 172 valence electrons. The third-order valence-electron chi connectivity index (χ3n) is 10.2. The van der Waals surface area contributed by atoms with Gasteiger partial charge in [-0.05, 0) is 106 Å². The van der Waals surface area contributed by atoms with Gasteiger partial charge in [-0.2, -0.15) is 0 Å². The first-order chi connectivity index (χ1) is 15.3. The van der Waals surface area contributed by atoms with Gasteiger partial charge in [0.2, 0.25) is 0 Å². The van der Waals surface area contributed by atoms with Crippen LogP contribution in [0, 0.1) is 40.9 Å². The van der Waals surface area contributed by atoms with Gasteiger partial charge in [0.05, 0.1) is 17.1 Å². The van der Waals surface area contributed by atoms with Crippen molar-refractivity contribution in [2.24, 2.45) is 34.8 Å². The molecule has 5 fully saturated rings. The molecule has 4 aliphatic carbocycles. The minimum absolute atomic E-state index is 0.0873. The summed E-state index contributed by atoms with van der Waals surface area (Å²) in [5.41, 5.74) is 9.71. The maximum absolute atomic E-state index is 10.2. The molecule has 2 spiro atoms. The summed E-state index contributed by atoms with van der Waals surface area (Å²) in [5.74, 6) is 9.28. The molecule has 3 N–H and O–H groups in total. The highest BCUT2D eigenvalue weighted by atomic mass is 16.5. The summed E-state index contributed by atoms with van der Waals surface area (Å²) in [4.78, 5) is 0. The summed E-state index contributed by atoms with van der Waals surface area (Å²) in [6.07, 6.45) is 13.5. The molecule has 3 saturated carbocycles. The average molecular weight is 434 g/mol. The van der Waals surface area contributed by atoms with E-state index in [-0.39, 0.29) is 23.2 Å². The molecule has 3 nitrogen and oxygen atoms in total. The molecule has 0 radical (unpaired) electrons. The molecule has 6 atom stereocenters. The van der Waals surface area contributed by atoms with Crippen LogP contribution in [0.5, 0.6) is 5.75 Å². The van der Waals surface area contributed by atoms with Crippen LogP contribution in [0.4, 0.5) is 0 Å². The molecule has 1 aromatic carbocycles. The molecule has 6 unspecified atom stereocenters. The summed E-state index contributed by atoms with van der Waals surface area (Å²) >= 11 is 0. The zero-order chi connectivity index (χ0) is 22.1. The van der Waals surface area contributed by atoms with Crippen molar-refractivity contribution in [3.63, 3.8) is 0 Å². The van der Waals surface area contributed by atoms with E-state index in [0.717, 1.165) is 12.8 Å². The van der Waals surface area contributed by atoms with Crippen molar-refractivity contribution in [2.45, 2.75) is 102 Å². The van der Waals surface area contributed by atoms with Gasteiger partial charge in [-0.1, -0.05) is 30.7 Å². The molecule has 0 amide bonds. The summed E-state index contributed by atoms with van der Waals surface area (Å²) in [6.45, 7) is 4.55. The average Bonchev–Trinajstić information content (AvgIpc) is 3.17. The Morgan fingerprint density at radius 3 is 2.69 bits per heavy atom. The Hall–Kier alpha value is -1.50. The molecule has 1 aromatic rings. The third kappa shape index (κ3) is 3.17. The zero-order valence-electron chi connectivity index (χ0n) is 19.8. The molecule has 6 aliphatic rings. The lowest BCUT2D eigenvalue weighted by Crippen LogP contribution is -2.71. The highest BCUT2D eigenvalue weighted by Gasteiger charge is 2.64. The van der Waals surface area contributed by atoms with E-state index < -0.39 is 0 Å². The lowest BCUT2D eigenvalue weighted by molar-refractivity contribution is -0.289. The maximum atomic E-state index is 10.2. The summed E-state index contributed by atoms with van der Waals surface area (Å²) in [5, 5.41) is 10.2. The number of hydrogen-bond acceptors (Lipinski definition) is 3. The second-order valence-electron chi connectivity index (χ2n) is 12.4. The number of phenolic OH excluding ortho intramolecular Hbond substituents is 1. The fourth-order valence-corrected chi connectivity index (χ4v) is 8.93. The van der Waals surface area contributed by atoms with Crippen LogP contribution < -0.4 is 5.73 Å². The monoisotopic (exact) mass is 433 g/mol. The molecule has 2 aliphatic heterocycles. The summed E-state index contributed by atoms with van der Waals surface area (Å²) in [6, 6.07) is 6.04. The first-order valence-electron chi connectivity index (χ1n) is 13.1. The largest absolute Gasteiger partial charge is 0.508 e. The van der Waals surface area contributed by atoms with Gasteiger partial charge < -0.3 is 15.6 Å². The van der Waals surface area contributed by atoms with Gasteiger partial charge in [-0.15, -0.1) is 0 Å². The highest BCUT2D eigenvalue weighted by Crippen LogP contribution is 2.62. The van der Waals surface area contributed by atoms with E-state index in [2.05, 4.69) is 31.8 Å². The Morgan fingerprint density at radius 1 is 1.09 bits per heavy atom. The molecule has 2 heterocycles. The van der Waals surface area contributed by atoms with E-state index in [9.17, 15) is 5.11 Å². The van der Waals surface area contributed by atoms with Crippen LogP contribution in [-0.2, 0) is 17.6 Å². The highest BCUT2D eigenvalue weighted by molar-refractivity contribution is 5.38. The molecular weight excluding hydrogens is 394 g/mol. The first kappa shape index (κ1) is 21.1. The van der Waals surface area contributed by atoms with Crippen LogP contribution in [0.1, 0.15) is 82.8 Å². The van der Waals surface area contributed by atoms with Crippen LogP contribution in [0.2, 0.25) is 0 Å². The Labute approximate surface area is 193 Å². The zero-order valence-corrected chi connectivity index (χ0v) is 19.8. The maximum Gasteiger partial charge on any atom is 0.115 e. The lowest BCUT2D eigenvalue weighted by Gasteiger charge is -2.64. The van der Waals surface area contributed by atoms with Crippen LogP contribution >= 0.6 is 0 Å². The van der Waals surface area contributed by atoms with Gasteiger partial charge in [-0.3, -0.25) is 0 Å². The Balaban J connectivity index is 1.48. The van der Waals surface area contributed by atoms with Crippen molar-refractivity contribution in [1.29, 1.82) is 0 Å². The predicted octanol–water partition coefficient (Wildman–Crippen LogP) is 5.37. The van der Waals surface area contributed by atoms with E-state index in [0.29, 0.717) is 35.3 Å². The Bertz CT molecular complexity index is 965. The van der Waals surface area contributed by atoms with Crippen LogP contribution in [0.3, 0.4) is 0 Å². The summed E-state index contributed by atoms with van der Waals surface area (Å²) in [7, 11) is 0. The van der Waals surface area contributed by atoms with Crippen molar-refractivity contribution in [1.82, 2.24) is 0 Å². The number of nitrogens with two attached hydrogens (primary N) is 1. The number of hydrogen-bond donors (Lipinski definition) is 2. The van der Waals surface area contributed by atoms with Gasteiger partial charge in [-0.25, -0.2) is 0 Å². The molecule has 0 aromatic heterocycles. The van der Waals surface area contributed by atoms with E-state index >= 15 is 0 Å². The van der Waals surface area contributed by atoms with Crippen LogP contribution in [0.25, 0.3) is 0 Å². The van der Waals surface area contributed by atoms with Crippen molar-refractivity contribution in [3.05, 3.63) is 29.3 Å². The van der Waals surface area contributed by atoms with Gasteiger partial charge >= 0.3 is 0 Å². The fraction of sp³-hybridized carbons (Fsp3) is 0.724. The number of fused-ring (bicyclic) bond motifs is 5. The molecule has 7 rings (SSSR count). The topological polar surface area (TPSA) is 55.5 Å². The van der Waals surface area contributed by atoms with Gasteiger partial charge in [0.15, 0.2) is 0 Å². The predicted molar refractivity (Wildman–Crippen MR) is 127 cm³/mol. The van der Waals surface area contributed by atoms with E-state index in [1.165, 1.54) is 62.5 Å². The Kier molecular flexibility index (Phi) is 4.77. The smallest absolute Gasteiger partial charge is 0.115 e. The molecule has 32 heavy (non-hydrogen) atoms. The van der Waals surface area contributed by atoms with Crippen LogP contribution in [-0.4, -0.2) is 22.4 Å². The van der Waals surface area contributed by atoms with Crippen molar-refractivity contribution < 1.29 is 9.84 Å². The molecule has 4 bridgehead atoms. The number of benzene rings is 1. The Morgan fingerprint density at radius 2 is 1.91 bits per heavy atom. The van der Waals surface area contributed by atoms with Gasteiger partial charge in [0.1, 0.15) is 5.75 Å². The van der Waals surface area contributed by atoms with Crippen molar-refractivity contribution in [3.8, 4) is 17.6 Å². The first-order valence-corrected chi connectivity index (χ1v) is 13.1. The van der Waals surface area contributed by atoms with Gasteiger partial charge in [0.25, 0.3) is 0 Å². The molecule has 2 saturated heterocycles. The minimum Gasteiger partial charge on any atom is -0.508 e. The SMILES string of the molecule is CC1(C)OC23CCC1C(N)C2C#CCc1cc(O)ccc1CC1CC3CC2(CCCC2)C1. The molecular formula is C29H39NO2. The number of aromatic hydroxyl groups is 1. The normalized spacial score (nSPS) is 41.2. The van der Waals surface area contributed by atoms with Gasteiger partial charge in [0, 0.05) is 18.4 Å². The minimum atomic E-state index is -0.197. The number of phenols is 1. The number of rotatable bonds is 0. The van der Waals surface area contributed by atoms with Crippen molar-refractivity contribution >= 4 is 0 Å². The van der Waals surface area contributed by atoms with E-state index in [1.54, 1.807) is 0 Å². The second kappa shape index (κ2) is 7.25. The third-order valence-corrected chi connectivity index (χ3v) is 10.2. The van der Waals surface area contributed by atoms with Crippen LogP contribution in [0.15, 0.2) is 18.2 Å².